The number of anilines is 2. The van der Waals surface area contributed by atoms with E-state index in [0.29, 0.717) is 50.2 Å². The smallest absolute Gasteiger partial charge is 0.256 e. The van der Waals surface area contributed by atoms with Crippen molar-refractivity contribution in [2.45, 2.75) is 6.54 Å². The minimum atomic E-state index is -0.670. The SMILES string of the molecule is O=C(c1cccc(Cl)c1F)N1CCN(Cc2nccc(Nc3cc[nH]n3)n2)CC1. The second-order valence-electron chi connectivity index (χ2n) is 6.61. The molecule has 2 N–H and O–H groups in total. The van der Waals surface area contributed by atoms with Crippen LogP contribution in [0.1, 0.15) is 16.2 Å². The Kier molecular flexibility index (Phi) is 5.68. The van der Waals surface area contributed by atoms with Crippen molar-refractivity contribution in [2.75, 3.05) is 31.5 Å². The van der Waals surface area contributed by atoms with Gasteiger partial charge in [0.05, 0.1) is 17.1 Å². The van der Waals surface area contributed by atoms with Gasteiger partial charge in [0.25, 0.3) is 5.91 Å². The lowest BCUT2D eigenvalue weighted by molar-refractivity contribution is 0.0621. The lowest BCUT2D eigenvalue weighted by Crippen LogP contribution is -2.48. The Labute approximate surface area is 171 Å². The van der Waals surface area contributed by atoms with Crippen LogP contribution in [-0.4, -0.2) is 62.1 Å². The number of rotatable bonds is 5. The van der Waals surface area contributed by atoms with Crippen molar-refractivity contribution in [2.24, 2.45) is 0 Å². The van der Waals surface area contributed by atoms with Gasteiger partial charge in [0, 0.05) is 44.6 Å². The summed E-state index contributed by atoms with van der Waals surface area (Å²) in [6, 6.07) is 8.05. The fraction of sp³-hybridized carbons (Fsp3) is 0.263. The average Bonchev–Trinajstić information content (AvgIpc) is 3.23. The van der Waals surface area contributed by atoms with Crippen LogP contribution in [0.2, 0.25) is 5.02 Å². The highest BCUT2D eigenvalue weighted by molar-refractivity contribution is 6.31. The maximum absolute atomic E-state index is 14.1. The summed E-state index contributed by atoms with van der Waals surface area (Å²) < 4.78 is 14.1. The zero-order valence-electron chi connectivity index (χ0n) is 15.5. The molecule has 0 unspecified atom stereocenters. The molecule has 1 amide bonds. The summed E-state index contributed by atoms with van der Waals surface area (Å²) in [7, 11) is 0. The first kappa shape index (κ1) is 19.3. The highest BCUT2D eigenvalue weighted by Crippen LogP contribution is 2.20. The molecule has 8 nitrogen and oxygen atoms in total. The van der Waals surface area contributed by atoms with Crippen molar-refractivity contribution in [3.63, 3.8) is 0 Å². The molecule has 1 fully saturated rings. The molecule has 150 valence electrons. The van der Waals surface area contributed by atoms with Crippen LogP contribution >= 0.6 is 11.6 Å². The lowest BCUT2D eigenvalue weighted by atomic mass is 10.1. The van der Waals surface area contributed by atoms with Gasteiger partial charge in [0.15, 0.2) is 11.6 Å². The van der Waals surface area contributed by atoms with Gasteiger partial charge in [0.1, 0.15) is 11.6 Å². The molecular weight excluding hydrogens is 397 g/mol. The van der Waals surface area contributed by atoms with Crippen molar-refractivity contribution in [1.82, 2.24) is 30.0 Å². The maximum atomic E-state index is 14.1. The molecular formula is C19H19ClFN7O. The van der Waals surface area contributed by atoms with Gasteiger partial charge in [-0.3, -0.25) is 14.8 Å². The molecule has 1 saturated heterocycles. The van der Waals surface area contributed by atoms with E-state index in [9.17, 15) is 9.18 Å². The zero-order chi connectivity index (χ0) is 20.2. The molecule has 0 bridgehead atoms. The van der Waals surface area contributed by atoms with Crippen molar-refractivity contribution in [1.29, 1.82) is 0 Å². The van der Waals surface area contributed by atoms with E-state index in [0.717, 1.165) is 0 Å². The summed E-state index contributed by atoms with van der Waals surface area (Å²) in [6.45, 7) is 2.85. The van der Waals surface area contributed by atoms with E-state index in [-0.39, 0.29) is 16.5 Å². The fourth-order valence-corrected chi connectivity index (χ4v) is 3.33. The van der Waals surface area contributed by atoms with E-state index >= 15 is 0 Å². The topological polar surface area (TPSA) is 90.0 Å². The Balaban J connectivity index is 1.34. The number of aromatic amines is 1. The number of H-pyrrole nitrogens is 1. The first-order chi connectivity index (χ1) is 14.1. The van der Waals surface area contributed by atoms with Gasteiger partial charge in [-0.25, -0.2) is 14.4 Å². The van der Waals surface area contributed by atoms with Crippen LogP contribution in [0.4, 0.5) is 16.0 Å². The molecule has 29 heavy (non-hydrogen) atoms. The second kappa shape index (κ2) is 8.54. The van der Waals surface area contributed by atoms with E-state index < -0.39 is 5.82 Å². The predicted molar refractivity (Wildman–Crippen MR) is 106 cm³/mol. The molecule has 2 aromatic heterocycles. The number of piperazine rings is 1. The first-order valence-corrected chi connectivity index (χ1v) is 9.52. The van der Waals surface area contributed by atoms with Crippen LogP contribution in [0.25, 0.3) is 0 Å². The number of benzene rings is 1. The van der Waals surface area contributed by atoms with E-state index in [1.165, 1.54) is 12.1 Å². The van der Waals surface area contributed by atoms with Crippen LogP contribution in [-0.2, 0) is 6.54 Å². The molecule has 0 spiro atoms. The van der Waals surface area contributed by atoms with Crippen molar-refractivity contribution in [3.05, 3.63) is 65.0 Å². The third-order valence-corrected chi connectivity index (χ3v) is 4.96. The number of hydrogen-bond acceptors (Lipinski definition) is 6. The lowest BCUT2D eigenvalue weighted by Gasteiger charge is -2.34. The van der Waals surface area contributed by atoms with Crippen LogP contribution in [0, 0.1) is 5.82 Å². The minimum Gasteiger partial charge on any atom is -0.336 e. The normalized spacial score (nSPS) is 14.8. The first-order valence-electron chi connectivity index (χ1n) is 9.14. The third-order valence-electron chi connectivity index (χ3n) is 4.67. The largest absolute Gasteiger partial charge is 0.336 e. The Morgan fingerprint density at radius 1 is 1.17 bits per heavy atom. The Morgan fingerprint density at radius 2 is 2.00 bits per heavy atom. The third kappa shape index (κ3) is 4.52. The van der Waals surface area contributed by atoms with Crippen LogP contribution in [0.3, 0.4) is 0 Å². The highest BCUT2D eigenvalue weighted by atomic mass is 35.5. The van der Waals surface area contributed by atoms with Gasteiger partial charge in [0.2, 0.25) is 0 Å². The van der Waals surface area contributed by atoms with Crippen molar-refractivity contribution < 1.29 is 9.18 Å². The Bertz CT molecular complexity index is 990. The van der Waals surface area contributed by atoms with Gasteiger partial charge >= 0.3 is 0 Å². The number of amides is 1. The molecule has 0 saturated carbocycles. The number of halogens is 2. The van der Waals surface area contributed by atoms with Crippen molar-refractivity contribution >= 4 is 29.1 Å². The molecule has 1 aromatic carbocycles. The van der Waals surface area contributed by atoms with Crippen LogP contribution < -0.4 is 5.32 Å². The van der Waals surface area contributed by atoms with E-state index in [2.05, 4.69) is 30.4 Å². The maximum Gasteiger partial charge on any atom is 0.256 e. The fourth-order valence-electron chi connectivity index (χ4n) is 3.15. The molecule has 1 aliphatic heterocycles. The zero-order valence-corrected chi connectivity index (χ0v) is 16.2. The molecule has 3 heterocycles. The molecule has 0 aliphatic carbocycles. The minimum absolute atomic E-state index is 0.00595. The van der Waals surface area contributed by atoms with Crippen LogP contribution in [0.15, 0.2) is 42.7 Å². The van der Waals surface area contributed by atoms with Gasteiger partial charge in [-0.2, -0.15) is 5.10 Å². The summed E-state index contributed by atoms with van der Waals surface area (Å²) in [4.78, 5) is 25.2. The number of carbonyl (C=O) groups excluding carboxylic acids is 1. The van der Waals surface area contributed by atoms with Gasteiger partial charge in [-0.05, 0) is 18.2 Å². The summed E-state index contributed by atoms with van der Waals surface area (Å²) >= 11 is 5.79. The number of nitrogens with zero attached hydrogens (tertiary/aromatic N) is 5. The van der Waals surface area contributed by atoms with E-state index in [4.69, 9.17) is 11.6 Å². The number of carbonyl (C=O) groups is 1. The van der Waals surface area contributed by atoms with E-state index in [1.807, 2.05) is 0 Å². The molecule has 10 heteroatoms. The standard InChI is InChI=1S/C19H19ClFN7O/c20-14-3-1-2-13(18(14)21)19(29)28-10-8-27(9-11-28)12-17-22-6-4-15(25-17)24-16-5-7-23-26-16/h1-7H,8-12H2,(H2,22,23,24,25,26). The van der Waals surface area contributed by atoms with Crippen LogP contribution in [0.5, 0.6) is 0 Å². The van der Waals surface area contributed by atoms with Gasteiger partial charge < -0.3 is 10.2 Å². The molecule has 0 atom stereocenters. The van der Waals surface area contributed by atoms with Crippen molar-refractivity contribution in [3.8, 4) is 0 Å². The molecule has 0 radical (unpaired) electrons. The van der Waals surface area contributed by atoms with Gasteiger partial charge in [-0.1, -0.05) is 17.7 Å². The Hall–Kier alpha value is -3.04. The molecule has 1 aliphatic rings. The predicted octanol–water partition coefficient (Wildman–Crippen LogP) is 2.69. The highest BCUT2D eigenvalue weighted by Gasteiger charge is 2.25. The quantitative estimate of drug-likeness (QED) is 0.666. The summed E-state index contributed by atoms with van der Waals surface area (Å²) in [5, 5.41) is 9.83. The molecule has 3 aromatic rings. The second-order valence-corrected chi connectivity index (χ2v) is 7.02. The number of nitrogens with one attached hydrogen (secondary N) is 2. The monoisotopic (exact) mass is 415 g/mol. The summed E-state index contributed by atoms with van der Waals surface area (Å²) in [6.07, 6.45) is 3.42. The molecule has 4 rings (SSSR count). The van der Waals surface area contributed by atoms with E-state index in [1.54, 1.807) is 35.5 Å². The number of aromatic nitrogens is 4. The number of hydrogen-bond donors (Lipinski definition) is 2. The van der Waals surface area contributed by atoms with Gasteiger partial charge in [-0.15, -0.1) is 0 Å². The Morgan fingerprint density at radius 3 is 2.76 bits per heavy atom. The summed E-state index contributed by atoms with van der Waals surface area (Å²) in [5.41, 5.74) is 0.00595. The summed E-state index contributed by atoms with van der Waals surface area (Å²) in [5.74, 6) is 0.996. The average molecular weight is 416 g/mol.